The number of hydrogen-bond donors (Lipinski definition) is 4. The molecular formula is C19H25FN4O. The zero-order chi connectivity index (χ0) is 17.5. The third kappa shape index (κ3) is 4.22. The van der Waals surface area contributed by atoms with E-state index in [4.69, 9.17) is 10.6 Å². The number of aromatic amines is 1. The van der Waals surface area contributed by atoms with Crippen LogP contribution in [0.4, 0.5) is 4.39 Å². The van der Waals surface area contributed by atoms with Gasteiger partial charge in [0, 0.05) is 42.2 Å². The van der Waals surface area contributed by atoms with Crippen molar-refractivity contribution < 1.29 is 10.6 Å². The Morgan fingerprint density at radius 3 is 2.88 bits per heavy atom. The predicted molar refractivity (Wildman–Crippen MR) is 102 cm³/mol. The van der Waals surface area contributed by atoms with Crippen molar-refractivity contribution in [2.75, 3.05) is 19.8 Å². The lowest BCUT2D eigenvalue weighted by atomic mass is 10.1. The summed E-state index contributed by atoms with van der Waals surface area (Å²) in [5, 5.41) is 5.52. The first-order valence-electron chi connectivity index (χ1n) is 8.40. The standard InChI is InChI=1S/C19H23FN4O.H2/c20-9-3-4-14(24-21)13-22-10-11-25-15-7-8-17-16-5-1-2-6-18(16)23-19(17)12-15;/h1-2,5-8,12-13,22-24H,3-4,9-11,21H2;1H/b14-13-;. The van der Waals surface area contributed by atoms with Gasteiger partial charge >= 0.3 is 0 Å². The van der Waals surface area contributed by atoms with Crippen molar-refractivity contribution in [1.82, 2.24) is 15.7 Å². The van der Waals surface area contributed by atoms with Gasteiger partial charge in [-0.05, 0) is 31.0 Å². The number of ether oxygens (including phenoxy) is 1. The van der Waals surface area contributed by atoms with Crippen LogP contribution in [0.2, 0.25) is 0 Å². The zero-order valence-electron chi connectivity index (χ0n) is 14.0. The van der Waals surface area contributed by atoms with Crippen molar-refractivity contribution in [3.05, 3.63) is 54.4 Å². The first-order valence-corrected chi connectivity index (χ1v) is 8.40. The number of fused-ring (bicyclic) bond motifs is 3. The second-order valence-corrected chi connectivity index (χ2v) is 5.79. The highest BCUT2D eigenvalue weighted by molar-refractivity contribution is 6.07. The summed E-state index contributed by atoms with van der Waals surface area (Å²) in [7, 11) is 0. The maximum absolute atomic E-state index is 12.2. The SMILES string of the molecule is NN/C(=C\NCCOc1ccc2c(c1)[nH]c1ccccc12)CCCF.[HH]. The molecule has 0 unspecified atom stereocenters. The average molecular weight is 344 g/mol. The van der Waals surface area contributed by atoms with E-state index in [0.717, 1.165) is 22.5 Å². The van der Waals surface area contributed by atoms with Gasteiger partial charge in [0.05, 0.1) is 12.2 Å². The van der Waals surface area contributed by atoms with Crippen molar-refractivity contribution in [3.8, 4) is 5.75 Å². The summed E-state index contributed by atoms with van der Waals surface area (Å²) in [6.07, 6.45) is 2.80. The molecule has 0 saturated carbocycles. The van der Waals surface area contributed by atoms with Crippen molar-refractivity contribution >= 4 is 21.8 Å². The third-order valence-electron chi connectivity index (χ3n) is 4.03. The Balaban J connectivity index is 0.00000243. The maximum Gasteiger partial charge on any atom is 0.121 e. The van der Waals surface area contributed by atoms with Gasteiger partial charge in [-0.2, -0.15) is 0 Å². The molecule has 1 aromatic heterocycles. The summed E-state index contributed by atoms with van der Waals surface area (Å²) >= 11 is 0. The first kappa shape index (κ1) is 17.1. The smallest absolute Gasteiger partial charge is 0.121 e. The van der Waals surface area contributed by atoms with E-state index in [0.29, 0.717) is 26.0 Å². The largest absolute Gasteiger partial charge is 0.492 e. The Kier molecular flexibility index (Phi) is 5.74. The summed E-state index contributed by atoms with van der Waals surface area (Å²) in [4.78, 5) is 3.40. The molecule has 25 heavy (non-hydrogen) atoms. The summed E-state index contributed by atoms with van der Waals surface area (Å²) in [6.45, 7) is 0.799. The van der Waals surface area contributed by atoms with Gasteiger partial charge in [-0.25, -0.2) is 0 Å². The van der Waals surface area contributed by atoms with Crippen LogP contribution in [-0.2, 0) is 0 Å². The van der Waals surface area contributed by atoms with E-state index >= 15 is 0 Å². The highest BCUT2D eigenvalue weighted by Gasteiger charge is 2.04. The van der Waals surface area contributed by atoms with Gasteiger partial charge in [0.25, 0.3) is 0 Å². The van der Waals surface area contributed by atoms with Gasteiger partial charge in [-0.1, -0.05) is 18.2 Å². The number of allylic oxidation sites excluding steroid dienone is 1. The molecule has 0 fully saturated rings. The van der Waals surface area contributed by atoms with Crippen LogP contribution >= 0.6 is 0 Å². The van der Waals surface area contributed by atoms with Crippen molar-refractivity contribution in [1.29, 1.82) is 0 Å². The number of halogens is 1. The molecule has 134 valence electrons. The number of H-pyrrole nitrogens is 1. The molecule has 0 aliphatic carbocycles. The van der Waals surface area contributed by atoms with Gasteiger partial charge in [-0.3, -0.25) is 10.2 Å². The van der Waals surface area contributed by atoms with Crippen LogP contribution < -0.4 is 21.3 Å². The minimum absolute atomic E-state index is 0. The number of benzene rings is 2. The van der Waals surface area contributed by atoms with Crippen LogP contribution in [0.1, 0.15) is 14.3 Å². The second-order valence-electron chi connectivity index (χ2n) is 5.79. The molecule has 2 aromatic carbocycles. The van der Waals surface area contributed by atoms with E-state index in [1.807, 2.05) is 24.3 Å². The molecular weight excluding hydrogens is 319 g/mol. The molecule has 0 bridgehead atoms. The molecule has 0 radical (unpaired) electrons. The summed E-state index contributed by atoms with van der Waals surface area (Å²) < 4.78 is 17.9. The van der Waals surface area contributed by atoms with Crippen LogP contribution in [0.25, 0.3) is 21.8 Å². The highest BCUT2D eigenvalue weighted by atomic mass is 19.1. The quantitative estimate of drug-likeness (QED) is 0.272. The molecule has 3 rings (SSSR count). The van der Waals surface area contributed by atoms with E-state index in [9.17, 15) is 4.39 Å². The number of aromatic nitrogens is 1. The van der Waals surface area contributed by atoms with Crippen LogP contribution in [0.5, 0.6) is 5.75 Å². The van der Waals surface area contributed by atoms with Crippen LogP contribution in [-0.4, -0.2) is 24.8 Å². The molecule has 5 N–H and O–H groups in total. The Labute approximate surface area is 147 Å². The zero-order valence-corrected chi connectivity index (χ0v) is 14.0. The molecule has 0 spiro atoms. The number of nitrogens with one attached hydrogen (secondary N) is 3. The van der Waals surface area contributed by atoms with E-state index in [-0.39, 0.29) is 8.10 Å². The average Bonchev–Trinajstić information content (AvgIpc) is 3.01. The van der Waals surface area contributed by atoms with Crippen LogP contribution in [0.15, 0.2) is 54.4 Å². The number of hydrogen-bond acceptors (Lipinski definition) is 4. The lowest BCUT2D eigenvalue weighted by Crippen LogP contribution is -2.24. The van der Waals surface area contributed by atoms with E-state index in [1.54, 1.807) is 6.20 Å². The number of para-hydroxylation sites is 1. The lowest BCUT2D eigenvalue weighted by molar-refractivity contribution is 0.320. The monoisotopic (exact) mass is 344 g/mol. The minimum atomic E-state index is -0.349. The Hall–Kier alpha value is -2.73. The minimum Gasteiger partial charge on any atom is -0.492 e. The summed E-state index contributed by atoms with van der Waals surface area (Å²) in [5.74, 6) is 6.21. The lowest BCUT2D eigenvalue weighted by Gasteiger charge is -2.08. The number of hydrazine groups is 1. The summed E-state index contributed by atoms with van der Waals surface area (Å²) in [6, 6.07) is 14.3. The normalized spacial score (nSPS) is 11.8. The van der Waals surface area contributed by atoms with Gasteiger partial charge < -0.3 is 20.5 Å². The van der Waals surface area contributed by atoms with Gasteiger partial charge in [0.1, 0.15) is 12.4 Å². The molecule has 3 aromatic rings. The molecule has 0 saturated heterocycles. The van der Waals surface area contributed by atoms with Crippen molar-refractivity contribution in [2.45, 2.75) is 12.8 Å². The van der Waals surface area contributed by atoms with E-state index in [1.165, 1.54) is 10.8 Å². The maximum atomic E-state index is 12.2. The number of alkyl halides is 1. The second kappa shape index (κ2) is 8.39. The third-order valence-corrected chi connectivity index (χ3v) is 4.03. The van der Waals surface area contributed by atoms with Gasteiger partial charge in [-0.15, -0.1) is 0 Å². The fourth-order valence-corrected chi connectivity index (χ4v) is 2.79. The Morgan fingerprint density at radius 1 is 1.20 bits per heavy atom. The molecule has 0 amide bonds. The first-order chi connectivity index (χ1) is 12.3. The molecule has 0 aliphatic heterocycles. The number of nitrogens with two attached hydrogens (primary N) is 1. The van der Waals surface area contributed by atoms with E-state index < -0.39 is 0 Å². The Bertz CT molecular complexity index is 865. The van der Waals surface area contributed by atoms with Crippen LogP contribution in [0, 0.1) is 0 Å². The highest BCUT2D eigenvalue weighted by Crippen LogP contribution is 2.28. The fourth-order valence-electron chi connectivity index (χ4n) is 2.79. The molecule has 1 heterocycles. The van der Waals surface area contributed by atoms with Crippen LogP contribution in [0.3, 0.4) is 0 Å². The summed E-state index contributed by atoms with van der Waals surface area (Å²) in [5.41, 5.74) is 5.52. The molecule has 5 nitrogen and oxygen atoms in total. The predicted octanol–water partition coefficient (Wildman–Crippen LogP) is 3.59. The fraction of sp³-hybridized carbons (Fsp3) is 0.263. The Morgan fingerprint density at radius 2 is 2.04 bits per heavy atom. The van der Waals surface area contributed by atoms with E-state index in [2.05, 4.69) is 33.9 Å². The topological polar surface area (TPSA) is 75.1 Å². The molecule has 0 atom stereocenters. The molecule has 6 heteroatoms. The number of rotatable bonds is 9. The molecule has 0 aliphatic rings. The van der Waals surface area contributed by atoms with Crippen molar-refractivity contribution in [3.63, 3.8) is 0 Å². The van der Waals surface area contributed by atoms with Crippen molar-refractivity contribution in [2.24, 2.45) is 5.84 Å². The van der Waals surface area contributed by atoms with Gasteiger partial charge in [0.2, 0.25) is 0 Å². The van der Waals surface area contributed by atoms with Gasteiger partial charge in [0.15, 0.2) is 0 Å².